The Bertz CT molecular complexity index is 785. The standard InChI is InChI=1S/C16H27N3O4S2/c1-13(2)11-14(12-17)18-24(20,21)15-7-3-4-8-16(15)25(22,23)19-9-5-6-10-19/h3-4,7-8,13-14,18H,5-6,9-12,17H2,1-2H3. The van der Waals surface area contributed by atoms with Crippen LogP contribution < -0.4 is 10.5 Å². The van der Waals surface area contributed by atoms with Crippen LogP contribution in [0.4, 0.5) is 0 Å². The van der Waals surface area contributed by atoms with Gasteiger partial charge in [-0.1, -0.05) is 26.0 Å². The smallest absolute Gasteiger partial charge is 0.244 e. The summed E-state index contributed by atoms with van der Waals surface area (Å²) in [6, 6.07) is 5.30. The number of nitrogens with two attached hydrogens (primary N) is 1. The van der Waals surface area contributed by atoms with Crippen molar-refractivity contribution < 1.29 is 16.8 Å². The van der Waals surface area contributed by atoms with Gasteiger partial charge in [0, 0.05) is 25.7 Å². The summed E-state index contributed by atoms with van der Waals surface area (Å²) in [5, 5.41) is 0. The van der Waals surface area contributed by atoms with Gasteiger partial charge in [-0.3, -0.25) is 0 Å². The maximum Gasteiger partial charge on any atom is 0.244 e. The fourth-order valence-electron chi connectivity index (χ4n) is 3.00. The molecule has 1 aromatic carbocycles. The molecule has 142 valence electrons. The lowest BCUT2D eigenvalue weighted by molar-refractivity contribution is 0.462. The van der Waals surface area contributed by atoms with Crippen LogP contribution in [0.2, 0.25) is 0 Å². The molecule has 1 unspecified atom stereocenters. The molecule has 1 aliphatic heterocycles. The topological polar surface area (TPSA) is 110 Å². The number of sulfonamides is 2. The van der Waals surface area contributed by atoms with Crippen molar-refractivity contribution >= 4 is 20.0 Å². The number of nitrogens with one attached hydrogen (secondary N) is 1. The molecule has 1 aliphatic rings. The SMILES string of the molecule is CC(C)CC(CN)NS(=O)(=O)c1ccccc1S(=O)(=O)N1CCCC1. The summed E-state index contributed by atoms with van der Waals surface area (Å²) in [6.45, 7) is 4.94. The van der Waals surface area contributed by atoms with Gasteiger partial charge in [-0.25, -0.2) is 21.6 Å². The monoisotopic (exact) mass is 389 g/mol. The predicted octanol–water partition coefficient (Wildman–Crippen LogP) is 1.12. The molecule has 1 atom stereocenters. The predicted molar refractivity (Wildman–Crippen MR) is 97.1 cm³/mol. The molecule has 7 nitrogen and oxygen atoms in total. The van der Waals surface area contributed by atoms with E-state index in [9.17, 15) is 16.8 Å². The molecule has 0 amide bonds. The third-order valence-electron chi connectivity index (χ3n) is 4.18. The van der Waals surface area contributed by atoms with Crippen molar-refractivity contribution in [3.05, 3.63) is 24.3 Å². The molecule has 1 fully saturated rings. The molecular formula is C16H27N3O4S2. The largest absolute Gasteiger partial charge is 0.329 e. The molecule has 0 spiro atoms. The van der Waals surface area contributed by atoms with Crippen LogP contribution in [0.15, 0.2) is 34.1 Å². The summed E-state index contributed by atoms with van der Waals surface area (Å²) < 4.78 is 55.2. The van der Waals surface area contributed by atoms with Crippen molar-refractivity contribution in [2.75, 3.05) is 19.6 Å². The molecule has 0 aliphatic carbocycles. The molecule has 1 heterocycles. The van der Waals surface area contributed by atoms with Crippen molar-refractivity contribution in [2.45, 2.75) is 48.9 Å². The Labute approximate surface area is 150 Å². The van der Waals surface area contributed by atoms with Gasteiger partial charge in [0.15, 0.2) is 0 Å². The average Bonchev–Trinajstić information content (AvgIpc) is 3.09. The van der Waals surface area contributed by atoms with Crippen LogP contribution in [0.1, 0.15) is 33.1 Å². The number of hydrogen-bond donors (Lipinski definition) is 2. The van der Waals surface area contributed by atoms with Crippen LogP contribution in [0.5, 0.6) is 0 Å². The van der Waals surface area contributed by atoms with E-state index in [-0.39, 0.29) is 22.3 Å². The third kappa shape index (κ3) is 4.79. The van der Waals surface area contributed by atoms with E-state index in [1.165, 1.54) is 28.6 Å². The van der Waals surface area contributed by atoms with E-state index < -0.39 is 26.1 Å². The summed E-state index contributed by atoms with van der Waals surface area (Å²) in [7, 11) is -7.83. The molecule has 3 N–H and O–H groups in total. The zero-order chi connectivity index (χ0) is 18.7. The zero-order valence-corrected chi connectivity index (χ0v) is 16.3. The fourth-order valence-corrected chi connectivity index (χ4v) is 6.58. The maximum atomic E-state index is 12.8. The quantitative estimate of drug-likeness (QED) is 0.692. The summed E-state index contributed by atoms with van der Waals surface area (Å²) >= 11 is 0. The van der Waals surface area contributed by atoms with E-state index in [0.717, 1.165) is 12.8 Å². The Kier molecular flexibility index (Phi) is 6.61. The number of hydrogen-bond acceptors (Lipinski definition) is 5. The minimum absolute atomic E-state index is 0.151. The Morgan fingerprint density at radius 1 is 1.08 bits per heavy atom. The van der Waals surface area contributed by atoms with E-state index in [1.807, 2.05) is 13.8 Å². The van der Waals surface area contributed by atoms with Crippen molar-refractivity contribution in [2.24, 2.45) is 11.7 Å². The first-order chi connectivity index (χ1) is 11.7. The Morgan fingerprint density at radius 3 is 2.16 bits per heavy atom. The van der Waals surface area contributed by atoms with Gasteiger partial charge < -0.3 is 5.73 Å². The van der Waals surface area contributed by atoms with Gasteiger partial charge in [0.1, 0.15) is 9.79 Å². The fraction of sp³-hybridized carbons (Fsp3) is 0.625. The van der Waals surface area contributed by atoms with Gasteiger partial charge in [0.25, 0.3) is 0 Å². The van der Waals surface area contributed by atoms with Crippen LogP contribution in [0, 0.1) is 5.92 Å². The Hall–Kier alpha value is -1.00. The second-order valence-electron chi connectivity index (χ2n) is 6.74. The molecule has 25 heavy (non-hydrogen) atoms. The highest BCUT2D eigenvalue weighted by Gasteiger charge is 2.33. The van der Waals surface area contributed by atoms with Crippen molar-refractivity contribution in [1.29, 1.82) is 0 Å². The van der Waals surface area contributed by atoms with E-state index in [1.54, 1.807) is 0 Å². The van der Waals surface area contributed by atoms with E-state index in [2.05, 4.69) is 4.72 Å². The summed E-state index contributed by atoms with van der Waals surface area (Å²) in [5.74, 6) is 0.264. The normalized spacial score (nSPS) is 17.9. The van der Waals surface area contributed by atoms with Crippen molar-refractivity contribution in [1.82, 2.24) is 9.03 Å². The van der Waals surface area contributed by atoms with E-state index in [4.69, 9.17) is 5.73 Å². The molecular weight excluding hydrogens is 362 g/mol. The van der Waals surface area contributed by atoms with Crippen LogP contribution in [0.3, 0.4) is 0 Å². The van der Waals surface area contributed by atoms with Crippen LogP contribution in [0.25, 0.3) is 0 Å². The first kappa shape index (κ1) is 20.3. The highest BCUT2D eigenvalue weighted by molar-refractivity contribution is 7.92. The Morgan fingerprint density at radius 2 is 1.64 bits per heavy atom. The third-order valence-corrected chi connectivity index (χ3v) is 7.85. The highest BCUT2D eigenvalue weighted by Crippen LogP contribution is 2.27. The summed E-state index contributed by atoms with van der Waals surface area (Å²) in [4.78, 5) is -0.395. The Balaban J connectivity index is 2.39. The van der Waals surface area contributed by atoms with Gasteiger partial charge in [-0.05, 0) is 37.3 Å². The van der Waals surface area contributed by atoms with Gasteiger partial charge >= 0.3 is 0 Å². The molecule has 1 aromatic rings. The second-order valence-corrected chi connectivity index (χ2v) is 10.3. The van der Waals surface area contributed by atoms with Gasteiger partial charge in [-0.15, -0.1) is 0 Å². The molecule has 0 radical (unpaired) electrons. The first-order valence-electron chi connectivity index (χ1n) is 8.50. The minimum Gasteiger partial charge on any atom is -0.329 e. The highest BCUT2D eigenvalue weighted by atomic mass is 32.2. The maximum absolute atomic E-state index is 12.8. The molecule has 9 heteroatoms. The van der Waals surface area contributed by atoms with Crippen molar-refractivity contribution in [3.63, 3.8) is 0 Å². The van der Waals surface area contributed by atoms with Gasteiger partial charge in [0.2, 0.25) is 20.0 Å². The number of rotatable bonds is 8. The first-order valence-corrected chi connectivity index (χ1v) is 11.4. The van der Waals surface area contributed by atoms with Gasteiger partial charge in [-0.2, -0.15) is 4.31 Å². The van der Waals surface area contributed by atoms with Crippen LogP contribution in [-0.4, -0.2) is 46.8 Å². The number of benzene rings is 1. The molecule has 1 saturated heterocycles. The molecule has 2 rings (SSSR count). The van der Waals surface area contributed by atoms with Crippen molar-refractivity contribution in [3.8, 4) is 0 Å². The second kappa shape index (κ2) is 8.13. The minimum atomic E-state index is -4.00. The molecule has 0 saturated carbocycles. The van der Waals surface area contributed by atoms with Crippen LogP contribution >= 0.6 is 0 Å². The van der Waals surface area contributed by atoms with E-state index >= 15 is 0 Å². The summed E-state index contributed by atoms with van der Waals surface area (Å²) in [5.41, 5.74) is 5.68. The molecule has 0 bridgehead atoms. The van der Waals surface area contributed by atoms with Gasteiger partial charge in [0.05, 0.1) is 0 Å². The lowest BCUT2D eigenvalue weighted by Crippen LogP contribution is -2.41. The summed E-state index contributed by atoms with van der Waals surface area (Å²) in [6.07, 6.45) is 2.16. The average molecular weight is 390 g/mol. The zero-order valence-electron chi connectivity index (χ0n) is 14.7. The number of nitrogens with zero attached hydrogens (tertiary/aromatic N) is 1. The lowest BCUT2D eigenvalue weighted by atomic mass is 10.1. The van der Waals surface area contributed by atoms with Crippen LogP contribution in [-0.2, 0) is 20.0 Å². The molecule has 0 aromatic heterocycles. The van der Waals surface area contributed by atoms with E-state index in [0.29, 0.717) is 19.5 Å². The lowest BCUT2D eigenvalue weighted by Gasteiger charge is -2.21.